The molecule has 0 unspecified atom stereocenters. The second-order valence-corrected chi connectivity index (χ2v) is 13.4. The van der Waals surface area contributed by atoms with E-state index in [1.807, 2.05) is 0 Å². The standard InChI is InChI=1S/C23H51P/c1-5-9-12-14-16-19-23-24(20-8-4,21-17-11-7-3)22-18-15-13-10-6-2/h24H,5-23H2,1-4H3. The second-order valence-electron chi connectivity index (χ2n) is 8.39. The topological polar surface area (TPSA) is 0 Å². The van der Waals surface area contributed by atoms with Crippen molar-refractivity contribution in [3.8, 4) is 0 Å². The first kappa shape index (κ1) is 24.4. The summed E-state index contributed by atoms with van der Waals surface area (Å²) in [5, 5.41) is 0. The summed E-state index contributed by atoms with van der Waals surface area (Å²) in [6.45, 7) is 9.46. The summed E-state index contributed by atoms with van der Waals surface area (Å²) in [5.74, 6) is 0. The van der Waals surface area contributed by atoms with Gasteiger partial charge >= 0.3 is 156 Å². The van der Waals surface area contributed by atoms with Crippen molar-refractivity contribution in [2.24, 2.45) is 0 Å². The molecule has 0 rings (SSSR count). The molecule has 148 valence electrons. The SMILES string of the molecule is CCCCCCCC[PH](CCC)(CCCCC)CCCCCCC. The van der Waals surface area contributed by atoms with Crippen molar-refractivity contribution in [3.05, 3.63) is 0 Å². The third-order valence-electron chi connectivity index (χ3n) is 5.96. The van der Waals surface area contributed by atoms with Crippen molar-refractivity contribution in [2.45, 2.75) is 124 Å². The van der Waals surface area contributed by atoms with Gasteiger partial charge in [0, 0.05) is 0 Å². The van der Waals surface area contributed by atoms with E-state index in [0.29, 0.717) is 0 Å². The third kappa shape index (κ3) is 13.7. The quantitative estimate of drug-likeness (QED) is 0.160. The summed E-state index contributed by atoms with van der Waals surface area (Å²) >= 11 is 0. The molecular formula is C23H51P. The molecule has 0 aliphatic rings. The Morgan fingerprint density at radius 3 is 1.08 bits per heavy atom. The fourth-order valence-electron chi connectivity index (χ4n) is 4.41. The molecule has 0 amide bonds. The summed E-state index contributed by atoms with van der Waals surface area (Å²) in [5.41, 5.74) is 0. The second kappa shape index (κ2) is 18.2. The fraction of sp³-hybridized carbons (Fsp3) is 1.00. The maximum absolute atomic E-state index is 2.44. The van der Waals surface area contributed by atoms with Crippen LogP contribution in [-0.4, -0.2) is 24.6 Å². The van der Waals surface area contributed by atoms with Gasteiger partial charge in [0.1, 0.15) is 0 Å². The molecule has 0 aromatic rings. The van der Waals surface area contributed by atoms with Crippen LogP contribution >= 0.6 is 7.26 Å². The predicted molar refractivity (Wildman–Crippen MR) is 120 cm³/mol. The Morgan fingerprint density at radius 1 is 0.333 bits per heavy atom. The molecule has 0 atom stereocenters. The zero-order valence-corrected chi connectivity index (χ0v) is 18.9. The first-order valence-corrected chi connectivity index (χ1v) is 14.6. The zero-order chi connectivity index (χ0) is 17.9. The van der Waals surface area contributed by atoms with Crippen LogP contribution in [0.25, 0.3) is 0 Å². The van der Waals surface area contributed by atoms with Crippen LogP contribution in [-0.2, 0) is 0 Å². The van der Waals surface area contributed by atoms with E-state index in [2.05, 4.69) is 27.7 Å². The Morgan fingerprint density at radius 2 is 0.667 bits per heavy atom. The summed E-state index contributed by atoms with van der Waals surface area (Å²) in [4.78, 5) is 0. The molecule has 0 aliphatic heterocycles. The molecular weight excluding hydrogens is 307 g/mol. The van der Waals surface area contributed by atoms with Crippen LogP contribution in [0.15, 0.2) is 0 Å². The fourth-order valence-corrected chi connectivity index (χ4v) is 9.97. The molecule has 0 N–H and O–H groups in total. The molecule has 0 heterocycles. The normalized spacial score (nSPS) is 12.7. The van der Waals surface area contributed by atoms with E-state index in [0.717, 1.165) is 0 Å². The third-order valence-corrected chi connectivity index (χ3v) is 11.8. The minimum atomic E-state index is -0.961. The van der Waals surface area contributed by atoms with Crippen LogP contribution in [0.2, 0.25) is 0 Å². The van der Waals surface area contributed by atoms with E-state index in [9.17, 15) is 0 Å². The maximum atomic E-state index is 2.44. The van der Waals surface area contributed by atoms with Gasteiger partial charge in [0.15, 0.2) is 0 Å². The van der Waals surface area contributed by atoms with Crippen molar-refractivity contribution in [2.75, 3.05) is 24.6 Å². The summed E-state index contributed by atoms with van der Waals surface area (Å²) < 4.78 is 0. The Labute approximate surface area is 156 Å². The van der Waals surface area contributed by atoms with Gasteiger partial charge in [-0.1, -0.05) is 0 Å². The molecule has 0 aromatic carbocycles. The van der Waals surface area contributed by atoms with E-state index < -0.39 is 7.26 Å². The zero-order valence-electron chi connectivity index (χ0n) is 17.9. The van der Waals surface area contributed by atoms with Crippen molar-refractivity contribution >= 4 is 7.26 Å². The van der Waals surface area contributed by atoms with Crippen LogP contribution in [0, 0.1) is 0 Å². The van der Waals surface area contributed by atoms with Gasteiger partial charge in [-0.15, -0.1) is 0 Å². The molecule has 0 aromatic heterocycles. The minimum absolute atomic E-state index is 0.961. The molecule has 0 fully saturated rings. The summed E-state index contributed by atoms with van der Waals surface area (Å²) in [6.07, 6.45) is 28.7. The molecule has 0 radical (unpaired) electrons. The van der Waals surface area contributed by atoms with Gasteiger partial charge in [-0.3, -0.25) is 0 Å². The van der Waals surface area contributed by atoms with E-state index in [4.69, 9.17) is 0 Å². The van der Waals surface area contributed by atoms with Crippen LogP contribution in [0.1, 0.15) is 124 Å². The van der Waals surface area contributed by atoms with Crippen LogP contribution < -0.4 is 0 Å². The number of unbranched alkanes of at least 4 members (excludes halogenated alkanes) is 11. The van der Waals surface area contributed by atoms with Crippen LogP contribution in [0.5, 0.6) is 0 Å². The summed E-state index contributed by atoms with van der Waals surface area (Å²) in [6, 6.07) is 0. The Kier molecular flexibility index (Phi) is 18.6. The van der Waals surface area contributed by atoms with Gasteiger partial charge in [-0.05, 0) is 0 Å². The van der Waals surface area contributed by atoms with Crippen molar-refractivity contribution in [1.29, 1.82) is 0 Å². The van der Waals surface area contributed by atoms with E-state index >= 15 is 0 Å². The van der Waals surface area contributed by atoms with Crippen LogP contribution in [0.3, 0.4) is 0 Å². The average Bonchev–Trinajstić information content (AvgIpc) is 2.58. The molecule has 1 heteroatoms. The van der Waals surface area contributed by atoms with Gasteiger partial charge in [-0.2, -0.15) is 0 Å². The molecule has 0 saturated carbocycles. The van der Waals surface area contributed by atoms with E-state index in [1.165, 1.54) is 83.5 Å². The van der Waals surface area contributed by atoms with Gasteiger partial charge in [-0.25, -0.2) is 0 Å². The number of hydrogen-bond acceptors (Lipinski definition) is 0. The predicted octanol–water partition coefficient (Wildman–Crippen LogP) is 8.67. The van der Waals surface area contributed by atoms with Gasteiger partial charge in [0.05, 0.1) is 0 Å². The van der Waals surface area contributed by atoms with Crippen molar-refractivity contribution < 1.29 is 0 Å². The Hall–Kier alpha value is 0.430. The molecule has 0 bridgehead atoms. The molecule has 24 heavy (non-hydrogen) atoms. The molecule has 0 aliphatic carbocycles. The first-order chi connectivity index (χ1) is 11.7. The van der Waals surface area contributed by atoms with Gasteiger partial charge < -0.3 is 0 Å². The monoisotopic (exact) mass is 358 g/mol. The first-order valence-electron chi connectivity index (χ1n) is 11.7. The van der Waals surface area contributed by atoms with E-state index in [1.54, 1.807) is 37.5 Å². The molecule has 0 nitrogen and oxygen atoms in total. The van der Waals surface area contributed by atoms with Gasteiger partial charge in [0.2, 0.25) is 0 Å². The average molecular weight is 359 g/mol. The Bertz CT molecular complexity index is 238. The van der Waals surface area contributed by atoms with Gasteiger partial charge in [0.25, 0.3) is 0 Å². The number of hydrogen-bond donors (Lipinski definition) is 0. The number of rotatable bonds is 19. The van der Waals surface area contributed by atoms with Crippen LogP contribution in [0.4, 0.5) is 0 Å². The van der Waals surface area contributed by atoms with E-state index in [-0.39, 0.29) is 0 Å². The Balaban J connectivity index is 4.33. The molecule has 0 spiro atoms. The van der Waals surface area contributed by atoms with Crippen molar-refractivity contribution in [3.63, 3.8) is 0 Å². The summed E-state index contributed by atoms with van der Waals surface area (Å²) in [7, 11) is -0.961. The molecule has 0 saturated heterocycles. The van der Waals surface area contributed by atoms with Crippen molar-refractivity contribution in [1.82, 2.24) is 0 Å².